The number of rotatable bonds is 5. The van der Waals surface area contributed by atoms with Crippen LogP contribution in [0.3, 0.4) is 0 Å². The molecule has 4 rings (SSSR count). The van der Waals surface area contributed by atoms with E-state index in [9.17, 15) is 14.4 Å². The number of benzene rings is 2. The van der Waals surface area contributed by atoms with Gasteiger partial charge in [-0.3, -0.25) is 19.0 Å². The summed E-state index contributed by atoms with van der Waals surface area (Å²) in [6.45, 7) is 0.556. The Balaban J connectivity index is 1.50. The van der Waals surface area contributed by atoms with Gasteiger partial charge in [0.2, 0.25) is 0 Å². The summed E-state index contributed by atoms with van der Waals surface area (Å²) >= 11 is 5.86. The lowest BCUT2D eigenvalue weighted by Crippen LogP contribution is -2.36. The minimum absolute atomic E-state index is 0.170. The van der Waals surface area contributed by atoms with Crippen LogP contribution in [0, 0.1) is 0 Å². The molecule has 0 aliphatic rings. The Labute approximate surface area is 176 Å². The summed E-state index contributed by atoms with van der Waals surface area (Å²) in [7, 11) is 0. The monoisotopic (exact) mass is 420 g/mol. The number of nitrogens with one attached hydrogen (secondary N) is 2. The first-order chi connectivity index (χ1) is 14.5. The van der Waals surface area contributed by atoms with Crippen LogP contribution in [0.15, 0.2) is 76.4 Å². The number of amides is 1. The maximum Gasteiger partial charge on any atom is 0.318 e. The van der Waals surface area contributed by atoms with E-state index in [0.717, 1.165) is 11.1 Å². The summed E-state index contributed by atoms with van der Waals surface area (Å²) < 4.78 is 1.32. The third-order valence-electron chi connectivity index (χ3n) is 4.65. The van der Waals surface area contributed by atoms with Crippen molar-refractivity contribution >= 4 is 28.7 Å². The molecular weight excluding hydrogens is 404 g/mol. The van der Waals surface area contributed by atoms with E-state index in [1.54, 1.807) is 54.7 Å². The maximum atomic E-state index is 12.4. The number of hydrogen-bond acceptors (Lipinski definition) is 4. The number of nitrogens with zero attached hydrogens (tertiary/aromatic N) is 2. The molecule has 0 saturated carbocycles. The molecule has 2 N–H and O–H groups in total. The second-order valence-electron chi connectivity index (χ2n) is 6.73. The van der Waals surface area contributed by atoms with E-state index in [2.05, 4.69) is 15.3 Å². The van der Waals surface area contributed by atoms with E-state index in [-0.39, 0.29) is 12.5 Å². The molecule has 0 bridgehead atoms. The molecule has 150 valence electrons. The Morgan fingerprint density at radius 2 is 1.70 bits per heavy atom. The van der Waals surface area contributed by atoms with Gasteiger partial charge in [-0.05, 0) is 47.5 Å². The number of carbonyl (C=O) groups is 1. The molecule has 7 nitrogen and oxygen atoms in total. The third-order valence-corrected chi connectivity index (χ3v) is 4.91. The molecule has 2 aromatic heterocycles. The number of fused-ring (bicyclic) bond motifs is 1. The van der Waals surface area contributed by atoms with Gasteiger partial charge in [0.1, 0.15) is 0 Å². The van der Waals surface area contributed by atoms with E-state index in [0.29, 0.717) is 28.3 Å². The van der Waals surface area contributed by atoms with Crippen LogP contribution in [0.2, 0.25) is 5.02 Å². The van der Waals surface area contributed by atoms with Gasteiger partial charge in [0.25, 0.3) is 5.91 Å². The van der Waals surface area contributed by atoms with Gasteiger partial charge in [-0.2, -0.15) is 0 Å². The molecule has 0 saturated heterocycles. The quantitative estimate of drug-likeness (QED) is 0.485. The van der Waals surface area contributed by atoms with Gasteiger partial charge in [0.05, 0.1) is 12.1 Å². The number of aromatic amines is 1. The SMILES string of the molecule is O=C(NCc1ccc(Cl)cc1)c1ccc(Cn2c(=O)c(=O)[nH]c3cccnc32)cc1. The largest absolute Gasteiger partial charge is 0.348 e. The van der Waals surface area contributed by atoms with E-state index >= 15 is 0 Å². The Morgan fingerprint density at radius 1 is 1.00 bits per heavy atom. The average Bonchev–Trinajstić information content (AvgIpc) is 2.77. The third kappa shape index (κ3) is 4.16. The average molecular weight is 421 g/mol. The van der Waals surface area contributed by atoms with Crippen LogP contribution >= 0.6 is 11.6 Å². The van der Waals surface area contributed by atoms with E-state index in [1.807, 2.05) is 12.1 Å². The molecule has 2 heterocycles. The standard InChI is InChI=1S/C22H17ClN4O3/c23-17-9-5-14(6-10-17)12-25-20(28)16-7-3-15(4-8-16)13-27-19-18(2-1-11-24-19)26-21(29)22(27)30/h1-11H,12-13H2,(H,25,28)(H,26,29). The van der Waals surface area contributed by atoms with Crippen molar-refractivity contribution in [1.29, 1.82) is 0 Å². The van der Waals surface area contributed by atoms with Crippen molar-refractivity contribution in [3.63, 3.8) is 0 Å². The highest BCUT2D eigenvalue weighted by atomic mass is 35.5. The predicted octanol–water partition coefficient (Wildman–Crippen LogP) is 2.72. The summed E-state index contributed by atoms with van der Waals surface area (Å²) in [5.41, 5.74) is 1.71. The normalized spacial score (nSPS) is 10.8. The molecule has 2 aromatic carbocycles. The molecule has 0 atom stereocenters. The molecule has 1 amide bonds. The fourth-order valence-corrected chi connectivity index (χ4v) is 3.21. The van der Waals surface area contributed by atoms with Crippen LogP contribution in [0.25, 0.3) is 11.2 Å². The summed E-state index contributed by atoms with van der Waals surface area (Å²) in [6, 6.07) is 17.5. The first kappa shape index (κ1) is 19.6. The number of halogens is 1. The molecule has 0 spiro atoms. The number of H-pyrrole nitrogens is 1. The number of pyridine rings is 1. The molecular formula is C22H17ClN4O3. The highest BCUT2D eigenvalue weighted by Crippen LogP contribution is 2.11. The molecule has 0 unspecified atom stereocenters. The van der Waals surface area contributed by atoms with Gasteiger partial charge in [-0.15, -0.1) is 0 Å². The molecule has 8 heteroatoms. The highest BCUT2D eigenvalue weighted by Gasteiger charge is 2.10. The lowest BCUT2D eigenvalue weighted by atomic mass is 10.1. The van der Waals surface area contributed by atoms with Crippen molar-refractivity contribution in [2.24, 2.45) is 0 Å². The molecule has 0 aliphatic carbocycles. The van der Waals surface area contributed by atoms with Crippen LogP contribution < -0.4 is 16.4 Å². The molecule has 30 heavy (non-hydrogen) atoms. The van der Waals surface area contributed by atoms with Crippen molar-refractivity contribution < 1.29 is 4.79 Å². The molecule has 0 fully saturated rings. The van der Waals surface area contributed by atoms with Crippen LogP contribution in [0.1, 0.15) is 21.5 Å². The minimum atomic E-state index is -0.700. The topological polar surface area (TPSA) is 96.9 Å². The second-order valence-corrected chi connectivity index (χ2v) is 7.16. The predicted molar refractivity (Wildman–Crippen MR) is 115 cm³/mol. The van der Waals surface area contributed by atoms with Crippen molar-refractivity contribution in [3.8, 4) is 0 Å². The summed E-state index contributed by atoms with van der Waals surface area (Å²) in [5, 5.41) is 3.49. The highest BCUT2D eigenvalue weighted by molar-refractivity contribution is 6.30. The Hall–Kier alpha value is -3.71. The first-order valence-electron chi connectivity index (χ1n) is 9.21. The molecule has 0 aliphatic heterocycles. The van der Waals surface area contributed by atoms with Crippen LogP contribution in [-0.4, -0.2) is 20.4 Å². The first-order valence-corrected chi connectivity index (χ1v) is 9.58. The van der Waals surface area contributed by atoms with Crippen LogP contribution in [0.5, 0.6) is 0 Å². The van der Waals surface area contributed by atoms with Crippen molar-refractivity contribution in [1.82, 2.24) is 19.9 Å². The second kappa shape index (κ2) is 8.34. The number of carbonyl (C=O) groups excluding carboxylic acids is 1. The van der Waals surface area contributed by atoms with Crippen LogP contribution in [-0.2, 0) is 13.1 Å². The van der Waals surface area contributed by atoms with Gasteiger partial charge in [0, 0.05) is 23.3 Å². The smallest absolute Gasteiger partial charge is 0.318 e. The number of hydrogen-bond donors (Lipinski definition) is 2. The maximum absolute atomic E-state index is 12.4. The summed E-state index contributed by atoms with van der Waals surface area (Å²) in [6.07, 6.45) is 1.56. The lowest BCUT2D eigenvalue weighted by molar-refractivity contribution is 0.0951. The van der Waals surface area contributed by atoms with Crippen molar-refractivity contribution in [2.45, 2.75) is 13.1 Å². The fraction of sp³-hybridized carbons (Fsp3) is 0.0909. The summed E-state index contributed by atoms with van der Waals surface area (Å²) in [5.74, 6) is -0.211. The Morgan fingerprint density at radius 3 is 2.43 bits per heavy atom. The zero-order valence-electron chi connectivity index (χ0n) is 15.8. The van der Waals surface area contributed by atoms with E-state index in [1.165, 1.54) is 4.57 Å². The van der Waals surface area contributed by atoms with Gasteiger partial charge in [-0.1, -0.05) is 35.9 Å². The lowest BCUT2D eigenvalue weighted by Gasteiger charge is -2.10. The zero-order valence-corrected chi connectivity index (χ0v) is 16.5. The van der Waals surface area contributed by atoms with E-state index < -0.39 is 11.1 Å². The van der Waals surface area contributed by atoms with Gasteiger partial charge < -0.3 is 10.3 Å². The summed E-state index contributed by atoms with van der Waals surface area (Å²) in [4.78, 5) is 43.3. The van der Waals surface area contributed by atoms with Gasteiger partial charge >= 0.3 is 11.1 Å². The van der Waals surface area contributed by atoms with Gasteiger partial charge in [0.15, 0.2) is 5.65 Å². The fourth-order valence-electron chi connectivity index (χ4n) is 3.08. The molecule has 4 aromatic rings. The Kier molecular flexibility index (Phi) is 5.45. The van der Waals surface area contributed by atoms with Gasteiger partial charge in [-0.25, -0.2) is 4.98 Å². The molecule has 0 radical (unpaired) electrons. The van der Waals surface area contributed by atoms with Crippen molar-refractivity contribution in [2.75, 3.05) is 0 Å². The van der Waals surface area contributed by atoms with Crippen LogP contribution in [0.4, 0.5) is 0 Å². The minimum Gasteiger partial charge on any atom is -0.348 e. The Bertz CT molecular complexity index is 1330. The zero-order chi connectivity index (χ0) is 21.1. The van der Waals surface area contributed by atoms with E-state index in [4.69, 9.17) is 11.6 Å². The van der Waals surface area contributed by atoms with Crippen molar-refractivity contribution in [3.05, 3.63) is 109 Å². The number of aromatic nitrogens is 3.